The minimum absolute atomic E-state index is 0.0491. The van der Waals surface area contributed by atoms with Gasteiger partial charge in [0.05, 0.1) is 6.61 Å². The van der Waals surface area contributed by atoms with E-state index in [1.165, 1.54) is 0 Å². The molecule has 0 saturated heterocycles. The number of hydrogen-bond acceptors (Lipinski definition) is 6. The molecule has 0 heterocycles. The minimum atomic E-state index is -0.439. The van der Waals surface area contributed by atoms with Crippen LogP contribution in [0.3, 0.4) is 0 Å². The van der Waals surface area contributed by atoms with E-state index >= 15 is 0 Å². The van der Waals surface area contributed by atoms with Crippen LogP contribution in [0.25, 0.3) is 0 Å². The normalized spacial score (nSPS) is 9.97. The zero-order valence-electron chi connectivity index (χ0n) is 17.2. The van der Waals surface area contributed by atoms with Crippen LogP contribution in [-0.4, -0.2) is 43.4 Å². The average Bonchev–Trinajstić information content (AvgIpc) is 2.79. The van der Waals surface area contributed by atoms with Crippen LogP contribution in [0.1, 0.15) is 27.6 Å². The van der Waals surface area contributed by atoms with Gasteiger partial charge in [-0.25, -0.2) is 0 Å². The van der Waals surface area contributed by atoms with Crippen molar-refractivity contribution in [2.45, 2.75) is 6.92 Å². The molecule has 8 nitrogen and oxygen atoms in total. The number of carbonyl (C=O) groups excluding carboxylic acids is 2. The van der Waals surface area contributed by atoms with Crippen molar-refractivity contribution in [3.05, 3.63) is 72.3 Å². The number of hydrazine groups is 1. The lowest BCUT2D eigenvalue weighted by Crippen LogP contribution is -2.48. The summed E-state index contributed by atoms with van der Waals surface area (Å²) in [5, 5.41) is 2.45. The standard InChI is InChI=1S/C22H25N3O5S/c1-3-12-29-18-10-8-16(9-11-18)21(27)24-25-22(31)23-20(26)17-6-5-7-19(15-17)30-14-13-28-4-2/h3,5-11,15H,1,4,12-14H2,2H3,(H,24,27)(H2,23,25,26,31). The number of carbonyl (C=O) groups is 2. The second-order valence-corrected chi connectivity index (χ2v) is 6.47. The molecule has 0 saturated carbocycles. The largest absolute Gasteiger partial charge is 0.491 e. The van der Waals surface area contributed by atoms with E-state index in [4.69, 9.17) is 26.4 Å². The Morgan fingerprint density at radius 1 is 0.968 bits per heavy atom. The zero-order chi connectivity index (χ0) is 22.5. The molecule has 2 aromatic rings. The third-order valence-corrected chi connectivity index (χ3v) is 4.00. The molecular formula is C22H25N3O5S. The first kappa shape index (κ1) is 23.8. The molecule has 0 unspecified atom stereocenters. The van der Waals surface area contributed by atoms with E-state index in [1.54, 1.807) is 54.6 Å². The maximum Gasteiger partial charge on any atom is 0.269 e. The predicted octanol–water partition coefficient (Wildman–Crippen LogP) is 2.62. The average molecular weight is 444 g/mol. The second kappa shape index (κ2) is 13.0. The Morgan fingerprint density at radius 2 is 1.74 bits per heavy atom. The highest BCUT2D eigenvalue weighted by Gasteiger charge is 2.11. The molecule has 0 aliphatic heterocycles. The lowest BCUT2D eigenvalue weighted by molar-refractivity contribution is 0.0934. The summed E-state index contributed by atoms with van der Waals surface area (Å²) in [7, 11) is 0. The van der Waals surface area contributed by atoms with Gasteiger partial charge in [0.2, 0.25) is 0 Å². The molecule has 164 valence electrons. The molecule has 2 amide bonds. The van der Waals surface area contributed by atoms with Crippen molar-refractivity contribution in [3.8, 4) is 11.5 Å². The number of benzene rings is 2. The maximum atomic E-state index is 12.4. The minimum Gasteiger partial charge on any atom is -0.491 e. The molecule has 0 aliphatic rings. The summed E-state index contributed by atoms with van der Waals surface area (Å²) < 4.78 is 16.1. The molecule has 2 aromatic carbocycles. The monoisotopic (exact) mass is 443 g/mol. The quantitative estimate of drug-likeness (QED) is 0.225. The molecule has 0 radical (unpaired) electrons. The summed E-state index contributed by atoms with van der Waals surface area (Å²) in [5.74, 6) is 0.304. The van der Waals surface area contributed by atoms with E-state index in [0.29, 0.717) is 49.1 Å². The number of hydrogen-bond donors (Lipinski definition) is 3. The van der Waals surface area contributed by atoms with E-state index in [0.717, 1.165) is 0 Å². The van der Waals surface area contributed by atoms with E-state index in [2.05, 4.69) is 22.7 Å². The summed E-state index contributed by atoms with van der Waals surface area (Å²) in [5.41, 5.74) is 5.68. The van der Waals surface area contributed by atoms with Gasteiger partial charge in [0, 0.05) is 17.7 Å². The molecular weight excluding hydrogens is 418 g/mol. The highest BCUT2D eigenvalue weighted by atomic mass is 32.1. The fourth-order valence-corrected chi connectivity index (χ4v) is 2.48. The van der Waals surface area contributed by atoms with Crippen molar-refractivity contribution in [2.24, 2.45) is 0 Å². The van der Waals surface area contributed by atoms with E-state index in [-0.39, 0.29) is 5.11 Å². The van der Waals surface area contributed by atoms with Gasteiger partial charge in [-0.05, 0) is 61.6 Å². The smallest absolute Gasteiger partial charge is 0.269 e. The van der Waals surface area contributed by atoms with Crippen LogP contribution in [-0.2, 0) is 4.74 Å². The van der Waals surface area contributed by atoms with Gasteiger partial charge in [-0.3, -0.25) is 25.8 Å². The first-order valence-electron chi connectivity index (χ1n) is 9.59. The number of ether oxygens (including phenoxy) is 3. The van der Waals surface area contributed by atoms with E-state index < -0.39 is 11.8 Å². The van der Waals surface area contributed by atoms with Crippen molar-refractivity contribution in [3.63, 3.8) is 0 Å². The third-order valence-electron chi connectivity index (χ3n) is 3.80. The number of nitrogens with one attached hydrogen (secondary N) is 3. The van der Waals surface area contributed by atoms with Crippen molar-refractivity contribution in [2.75, 3.05) is 26.4 Å². The van der Waals surface area contributed by atoms with Gasteiger partial charge in [0.25, 0.3) is 11.8 Å². The van der Waals surface area contributed by atoms with Crippen LogP contribution in [0.5, 0.6) is 11.5 Å². The van der Waals surface area contributed by atoms with Gasteiger partial charge in [-0.15, -0.1) is 0 Å². The fraction of sp³-hybridized carbons (Fsp3) is 0.227. The van der Waals surface area contributed by atoms with Gasteiger partial charge in [-0.2, -0.15) is 0 Å². The number of amides is 2. The van der Waals surface area contributed by atoms with Crippen LogP contribution in [0.2, 0.25) is 0 Å². The summed E-state index contributed by atoms with van der Waals surface area (Å²) in [4.78, 5) is 24.6. The second-order valence-electron chi connectivity index (χ2n) is 6.06. The fourth-order valence-electron chi connectivity index (χ4n) is 2.34. The Morgan fingerprint density at radius 3 is 2.45 bits per heavy atom. The van der Waals surface area contributed by atoms with Crippen molar-refractivity contribution < 1.29 is 23.8 Å². The molecule has 0 aromatic heterocycles. The van der Waals surface area contributed by atoms with Crippen LogP contribution in [0.4, 0.5) is 0 Å². The Bertz CT molecular complexity index is 902. The Hall–Kier alpha value is -3.43. The molecule has 2 rings (SSSR count). The SMILES string of the molecule is C=CCOc1ccc(C(=O)NNC(=S)NC(=O)c2cccc(OCCOCC)c2)cc1. The van der Waals surface area contributed by atoms with Crippen LogP contribution < -0.4 is 25.6 Å². The summed E-state index contributed by atoms with van der Waals surface area (Å²) in [6.07, 6.45) is 1.63. The molecule has 31 heavy (non-hydrogen) atoms. The molecule has 0 spiro atoms. The lowest BCUT2D eigenvalue weighted by atomic mass is 10.2. The molecule has 0 fully saturated rings. The van der Waals surface area contributed by atoms with Crippen LogP contribution >= 0.6 is 12.2 Å². The highest BCUT2D eigenvalue weighted by molar-refractivity contribution is 7.80. The third kappa shape index (κ3) is 8.45. The highest BCUT2D eigenvalue weighted by Crippen LogP contribution is 2.13. The number of thiocarbonyl (C=S) groups is 1. The molecule has 9 heteroatoms. The maximum absolute atomic E-state index is 12.4. The lowest BCUT2D eigenvalue weighted by Gasteiger charge is -2.12. The first-order valence-corrected chi connectivity index (χ1v) is 10.00. The topological polar surface area (TPSA) is 97.9 Å². The van der Waals surface area contributed by atoms with E-state index in [1.807, 2.05) is 6.92 Å². The zero-order valence-corrected chi connectivity index (χ0v) is 18.0. The van der Waals surface area contributed by atoms with E-state index in [9.17, 15) is 9.59 Å². The summed E-state index contributed by atoms with van der Waals surface area (Å²) in [6, 6.07) is 13.2. The Kier molecular flexibility index (Phi) is 9.99. The molecule has 3 N–H and O–H groups in total. The summed E-state index contributed by atoms with van der Waals surface area (Å²) in [6.45, 7) is 7.31. The van der Waals surface area contributed by atoms with Crippen LogP contribution in [0.15, 0.2) is 61.2 Å². The Balaban J connectivity index is 1.80. The van der Waals surface area contributed by atoms with Crippen molar-refractivity contribution >= 4 is 29.1 Å². The van der Waals surface area contributed by atoms with Gasteiger partial charge >= 0.3 is 0 Å². The van der Waals surface area contributed by atoms with Gasteiger partial charge in [0.15, 0.2) is 5.11 Å². The van der Waals surface area contributed by atoms with Crippen molar-refractivity contribution in [1.82, 2.24) is 16.2 Å². The molecule has 0 atom stereocenters. The van der Waals surface area contributed by atoms with Gasteiger partial charge in [0.1, 0.15) is 24.7 Å². The van der Waals surface area contributed by atoms with Gasteiger partial charge in [-0.1, -0.05) is 18.7 Å². The first-order chi connectivity index (χ1) is 15.0. The van der Waals surface area contributed by atoms with Gasteiger partial charge < -0.3 is 14.2 Å². The molecule has 0 bridgehead atoms. The number of rotatable bonds is 10. The van der Waals surface area contributed by atoms with Crippen LogP contribution in [0, 0.1) is 0 Å². The predicted molar refractivity (Wildman–Crippen MR) is 121 cm³/mol. The Labute approximate surface area is 186 Å². The van der Waals surface area contributed by atoms with Crippen molar-refractivity contribution in [1.29, 1.82) is 0 Å². The summed E-state index contributed by atoms with van der Waals surface area (Å²) >= 11 is 5.06. The molecule has 0 aliphatic carbocycles.